The molecule has 0 unspecified atom stereocenters. The summed E-state index contributed by atoms with van der Waals surface area (Å²) in [5, 5.41) is 11.5. The van der Waals surface area contributed by atoms with Crippen LogP contribution in [0.5, 0.6) is 0 Å². The third kappa shape index (κ3) is 4.48. The molecule has 4 rings (SSSR count). The van der Waals surface area contributed by atoms with E-state index < -0.39 is 0 Å². The first-order chi connectivity index (χ1) is 14.5. The molecule has 160 valence electrons. The van der Waals surface area contributed by atoms with E-state index in [0.717, 1.165) is 54.1 Å². The molecule has 1 fully saturated rings. The molecule has 3 aromatic heterocycles. The second kappa shape index (κ2) is 9.36. The van der Waals surface area contributed by atoms with Gasteiger partial charge in [0.25, 0.3) is 0 Å². The average molecular weight is 446 g/mol. The van der Waals surface area contributed by atoms with E-state index in [2.05, 4.69) is 44.1 Å². The van der Waals surface area contributed by atoms with Crippen molar-refractivity contribution in [3.63, 3.8) is 0 Å². The molecule has 1 aliphatic heterocycles. The van der Waals surface area contributed by atoms with Crippen molar-refractivity contribution in [1.29, 1.82) is 0 Å². The number of thioether (sulfide) groups is 1. The van der Waals surface area contributed by atoms with Crippen molar-refractivity contribution < 1.29 is 9.53 Å². The number of aromatic nitrogens is 4. The molecule has 30 heavy (non-hydrogen) atoms. The number of hydrogen-bond acceptors (Lipinski definition) is 7. The van der Waals surface area contributed by atoms with Crippen molar-refractivity contribution in [3.05, 3.63) is 45.4 Å². The molecule has 0 amide bonds. The van der Waals surface area contributed by atoms with Gasteiger partial charge in [-0.25, -0.2) is 0 Å². The topological polar surface area (TPSA) is 65.2 Å². The summed E-state index contributed by atoms with van der Waals surface area (Å²) in [5.41, 5.74) is 2.98. The maximum absolute atomic E-state index is 12.9. The second-order valence-electron chi connectivity index (χ2n) is 7.42. The number of carbonyl (C=O) groups is 1. The van der Waals surface area contributed by atoms with E-state index in [1.807, 2.05) is 24.6 Å². The zero-order valence-electron chi connectivity index (χ0n) is 17.6. The lowest BCUT2D eigenvalue weighted by atomic mass is 10.2. The number of hydrogen-bond donors (Lipinski definition) is 0. The summed E-state index contributed by atoms with van der Waals surface area (Å²) in [4.78, 5) is 16.5. The molecule has 7 nitrogen and oxygen atoms in total. The number of carbonyl (C=O) groups excluding carboxylic acids is 1. The Morgan fingerprint density at radius 3 is 2.80 bits per heavy atom. The van der Waals surface area contributed by atoms with Crippen LogP contribution in [0.15, 0.2) is 28.7 Å². The molecular weight excluding hydrogens is 418 g/mol. The highest BCUT2D eigenvalue weighted by atomic mass is 32.2. The summed E-state index contributed by atoms with van der Waals surface area (Å²) in [6.07, 6.45) is 0.986. The maximum Gasteiger partial charge on any atom is 0.227 e. The minimum atomic E-state index is 0.131. The van der Waals surface area contributed by atoms with Crippen LogP contribution in [0.25, 0.3) is 0 Å². The van der Waals surface area contributed by atoms with Crippen LogP contribution in [0.3, 0.4) is 0 Å². The van der Waals surface area contributed by atoms with Crippen molar-refractivity contribution in [2.45, 2.75) is 32.0 Å². The van der Waals surface area contributed by atoms with Crippen LogP contribution in [-0.4, -0.2) is 57.2 Å². The largest absolute Gasteiger partial charge is 0.378 e. The Hall–Kier alpha value is -2.10. The fourth-order valence-corrected chi connectivity index (χ4v) is 5.27. The van der Waals surface area contributed by atoms with Crippen LogP contribution in [0.2, 0.25) is 0 Å². The molecule has 0 aliphatic carbocycles. The van der Waals surface area contributed by atoms with Crippen LogP contribution < -0.4 is 4.90 Å². The first-order valence-corrected chi connectivity index (χ1v) is 12.0. The number of ether oxygens (including phenoxy) is 1. The van der Waals surface area contributed by atoms with Crippen LogP contribution in [0.1, 0.15) is 26.6 Å². The summed E-state index contributed by atoms with van der Waals surface area (Å²) in [7, 11) is 1.95. The van der Waals surface area contributed by atoms with Gasteiger partial charge in [-0.2, -0.15) is 0 Å². The van der Waals surface area contributed by atoms with E-state index in [4.69, 9.17) is 4.74 Å². The van der Waals surface area contributed by atoms with Gasteiger partial charge < -0.3 is 14.2 Å². The highest BCUT2D eigenvalue weighted by molar-refractivity contribution is 7.99. The van der Waals surface area contributed by atoms with Gasteiger partial charge in [-0.15, -0.1) is 21.5 Å². The van der Waals surface area contributed by atoms with Crippen LogP contribution in [0, 0.1) is 13.8 Å². The summed E-state index contributed by atoms with van der Waals surface area (Å²) in [6, 6.07) is 6.26. The van der Waals surface area contributed by atoms with Crippen molar-refractivity contribution in [3.8, 4) is 0 Å². The molecule has 0 spiro atoms. The number of aryl methyl sites for hydroxylation is 2. The van der Waals surface area contributed by atoms with Crippen molar-refractivity contribution in [1.82, 2.24) is 19.3 Å². The van der Waals surface area contributed by atoms with Gasteiger partial charge in [-0.05, 0) is 37.8 Å². The lowest BCUT2D eigenvalue weighted by Gasteiger charge is -2.27. The van der Waals surface area contributed by atoms with E-state index in [0.29, 0.717) is 19.0 Å². The van der Waals surface area contributed by atoms with E-state index in [1.165, 1.54) is 16.6 Å². The number of Topliss-reactive ketones (excluding diaryl/α,β-unsaturated/α-hetero) is 1. The molecule has 0 radical (unpaired) electrons. The zero-order valence-corrected chi connectivity index (χ0v) is 19.3. The Morgan fingerprint density at radius 1 is 1.27 bits per heavy atom. The van der Waals surface area contributed by atoms with Gasteiger partial charge in [0.1, 0.15) is 0 Å². The number of anilines is 1. The minimum absolute atomic E-state index is 0.131. The zero-order chi connectivity index (χ0) is 21.1. The molecule has 3 aromatic rings. The first kappa shape index (κ1) is 21.1. The number of thiophene rings is 1. The number of ketones is 1. The Morgan fingerprint density at radius 2 is 2.07 bits per heavy atom. The predicted molar refractivity (Wildman–Crippen MR) is 121 cm³/mol. The standard InChI is InChI=1S/C21H27N5O2S2/c1-15-13-18(16(2)26(15)7-6-17-5-4-12-29-17)19(27)14-30-21-23-22-20(24(21)3)25-8-10-28-11-9-25/h4-5,12-13H,6-11,14H2,1-3H3. The molecule has 0 bridgehead atoms. The Kier molecular flexibility index (Phi) is 6.60. The summed E-state index contributed by atoms with van der Waals surface area (Å²) in [5.74, 6) is 1.32. The smallest absolute Gasteiger partial charge is 0.227 e. The number of nitrogens with zero attached hydrogens (tertiary/aromatic N) is 5. The second-order valence-corrected chi connectivity index (χ2v) is 9.39. The molecule has 0 aromatic carbocycles. The van der Waals surface area contributed by atoms with Crippen molar-refractivity contribution in [2.75, 3.05) is 37.0 Å². The highest BCUT2D eigenvalue weighted by Gasteiger charge is 2.21. The lowest BCUT2D eigenvalue weighted by Crippen LogP contribution is -2.37. The third-order valence-corrected chi connectivity index (χ3v) is 7.43. The fraction of sp³-hybridized carbons (Fsp3) is 0.476. The molecular formula is C21H27N5O2S2. The van der Waals surface area contributed by atoms with Crippen molar-refractivity contribution in [2.24, 2.45) is 7.05 Å². The van der Waals surface area contributed by atoms with Crippen LogP contribution in [-0.2, 0) is 24.8 Å². The van der Waals surface area contributed by atoms with Gasteiger partial charge in [0.15, 0.2) is 10.9 Å². The normalized spacial score (nSPS) is 14.4. The SMILES string of the molecule is Cc1cc(C(=O)CSc2nnc(N3CCOCC3)n2C)c(C)n1CCc1cccs1. The molecule has 0 saturated carbocycles. The Bertz CT molecular complexity index is 1000. The first-order valence-electron chi connectivity index (χ1n) is 10.1. The summed E-state index contributed by atoms with van der Waals surface area (Å²) < 4.78 is 9.62. The molecule has 0 N–H and O–H groups in total. The van der Waals surface area contributed by atoms with Gasteiger partial charge >= 0.3 is 0 Å². The molecule has 4 heterocycles. The quantitative estimate of drug-likeness (QED) is 0.391. The summed E-state index contributed by atoms with van der Waals surface area (Å²) >= 11 is 3.22. The fourth-order valence-electron chi connectivity index (χ4n) is 3.78. The van der Waals surface area contributed by atoms with Gasteiger partial charge in [0, 0.05) is 48.5 Å². The monoisotopic (exact) mass is 445 g/mol. The van der Waals surface area contributed by atoms with Gasteiger partial charge in [0.2, 0.25) is 5.95 Å². The molecule has 9 heteroatoms. The maximum atomic E-state index is 12.9. The molecule has 1 saturated heterocycles. The van der Waals surface area contributed by atoms with E-state index in [-0.39, 0.29) is 5.78 Å². The van der Waals surface area contributed by atoms with E-state index in [9.17, 15) is 4.79 Å². The Labute approximate surface area is 185 Å². The highest BCUT2D eigenvalue weighted by Crippen LogP contribution is 2.24. The van der Waals surface area contributed by atoms with Gasteiger partial charge in [0.05, 0.1) is 19.0 Å². The lowest BCUT2D eigenvalue weighted by molar-refractivity contribution is 0.102. The third-order valence-electron chi connectivity index (χ3n) is 5.47. The molecule has 0 atom stereocenters. The number of rotatable bonds is 8. The van der Waals surface area contributed by atoms with E-state index >= 15 is 0 Å². The summed E-state index contributed by atoms with van der Waals surface area (Å²) in [6.45, 7) is 8.04. The van der Waals surface area contributed by atoms with Crippen LogP contribution >= 0.6 is 23.1 Å². The predicted octanol–water partition coefficient (Wildman–Crippen LogP) is 3.35. The number of morpholine rings is 1. The minimum Gasteiger partial charge on any atom is -0.378 e. The average Bonchev–Trinajstić information content (AvgIpc) is 3.46. The Balaban J connectivity index is 1.39. The van der Waals surface area contributed by atoms with Crippen molar-refractivity contribution >= 4 is 34.8 Å². The van der Waals surface area contributed by atoms with E-state index in [1.54, 1.807) is 11.3 Å². The van der Waals surface area contributed by atoms with Gasteiger partial charge in [-0.1, -0.05) is 17.8 Å². The van der Waals surface area contributed by atoms with Gasteiger partial charge in [-0.3, -0.25) is 9.36 Å². The van der Waals surface area contributed by atoms with Crippen LogP contribution in [0.4, 0.5) is 5.95 Å². The molecule has 1 aliphatic rings.